The molecule has 43 heavy (non-hydrogen) atoms. The van der Waals surface area contributed by atoms with Gasteiger partial charge in [-0.1, -0.05) is 106 Å². The molecule has 5 aromatic carbocycles. The molecule has 0 nitrogen and oxygen atoms in total. The molecule has 0 atom stereocenters. The number of fused-ring (bicyclic) bond motifs is 2. The molecule has 0 bridgehead atoms. The Bertz CT molecular complexity index is 1650. The van der Waals surface area contributed by atoms with Crippen LogP contribution in [0.3, 0.4) is 0 Å². The topological polar surface area (TPSA) is 0 Å². The molecule has 0 aliphatic heterocycles. The van der Waals surface area contributed by atoms with Gasteiger partial charge in [-0.2, -0.15) is 11.1 Å². The van der Waals surface area contributed by atoms with E-state index in [-0.39, 0.29) is 10.8 Å². The predicted octanol–water partition coefficient (Wildman–Crippen LogP) is 12.0. The van der Waals surface area contributed by atoms with Crippen LogP contribution in [-0.4, -0.2) is 5.43 Å². The van der Waals surface area contributed by atoms with Crippen LogP contribution >= 0.6 is 17.0 Å². The summed E-state index contributed by atoms with van der Waals surface area (Å²) in [5, 5.41) is 7.19. The molecule has 0 spiro atoms. The summed E-state index contributed by atoms with van der Waals surface area (Å²) in [6, 6.07) is 24.1. The van der Waals surface area contributed by atoms with Crippen molar-refractivity contribution in [3.8, 4) is 0 Å². The predicted molar refractivity (Wildman–Crippen MR) is 194 cm³/mol. The van der Waals surface area contributed by atoms with Crippen LogP contribution in [0.5, 0.6) is 0 Å². The second-order valence-electron chi connectivity index (χ2n) is 14.1. The summed E-state index contributed by atoms with van der Waals surface area (Å²) >= 11 is -1.95. The number of aryl methyl sites for hydroxylation is 6. The minimum Gasteiger partial charge on any atom is -0.153 e. The molecular weight excluding hydrogens is 659 g/mol. The first-order valence-corrected chi connectivity index (χ1v) is 27.3. The van der Waals surface area contributed by atoms with Crippen molar-refractivity contribution in [3.05, 3.63) is 111 Å². The summed E-state index contributed by atoms with van der Waals surface area (Å²) in [6.07, 6.45) is 0. The third kappa shape index (κ3) is 8.43. The molecule has 5 aromatic rings. The van der Waals surface area contributed by atoms with Crippen molar-refractivity contribution in [3.63, 3.8) is 0 Å². The van der Waals surface area contributed by atoms with E-state index in [1.54, 1.807) is 0 Å². The quantitative estimate of drug-likeness (QED) is 0.120. The van der Waals surface area contributed by atoms with E-state index in [2.05, 4.69) is 138 Å². The van der Waals surface area contributed by atoms with Crippen molar-refractivity contribution in [2.24, 2.45) is 0 Å². The van der Waals surface area contributed by atoms with Crippen LogP contribution in [0.25, 0.3) is 21.5 Å². The van der Waals surface area contributed by atoms with Crippen molar-refractivity contribution in [1.82, 2.24) is 0 Å². The molecule has 0 saturated heterocycles. The zero-order chi connectivity index (χ0) is 32.4. The minimum absolute atomic E-state index is 0.220. The van der Waals surface area contributed by atoms with Crippen molar-refractivity contribution in [2.45, 2.75) is 100 Å². The molecule has 5 rings (SSSR count). The molecule has 0 fully saturated rings. The largest absolute Gasteiger partial charge is 0.153 e. The maximum Gasteiger partial charge on any atom is -0.0220 e. The number of rotatable bonds is 1. The number of hydrogen-bond acceptors (Lipinski definition) is 0. The Kier molecular flexibility index (Phi) is 12.0. The fourth-order valence-corrected chi connectivity index (χ4v) is 13.3. The Morgan fingerprint density at radius 3 is 1.28 bits per heavy atom. The van der Waals surface area contributed by atoms with Gasteiger partial charge in [-0.3, -0.25) is 0 Å². The third-order valence-corrected chi connectivity index (χ3v) is 26.8. The van der Waals surface area contributed by atoms with Gasteiger partial charge in [0.05, 0.1) is 0 Å². The molecule has 0 amide bonds. The zero-order valence-corrected chi connectivity index (χ0v) is 33.6. The standard InChI is InChI=1S/2C16H21.C7H8Si.2ClH.Zr/c2*1-10-7-8-14(16(4,5)6)15-12(3)11(2)9-13(10)15;1-8-7-5-3-2-4-6-7;;;/h2*7-9H,1-6H3;2-6H,1H3;2*1H;/q2*-1;;;;+2/p-2. The normalized spacial score (nSPS) is 11.6. The molecule has 0 aliphatic carbocycles. The van der Waals surface area contributed by atoms with Crippen LogP contribution in [0.15, 0.2) is 66.7 Å². The maximum atomic E-state index is 5.97. The van der Waals surface area contributed by atoms with E-state index in [1.165, 1.54) is 71.2 Å². The fourth-order valence-electron chi connectivity index (χ4n) is 5.72. The van der Waals surface area contributed by atoms with Crippen LogP contribution < -0.4 is 5.19 Å². The third-order valence-electron chi connectivity index (χ3n) is 8.69. The molecular formula is C39H50Cl2SiZr-2. The number of benzene rings is 3. The second kappa shape index (κ2) is 14.3. The van der Waals surface area contributed by atoms with E-state index in [0.29, 0.717) is 0 Å². The molecule has 0 saturated carbocycles. The smallest absolute Gasteiger partial charge is 0.0220 e. The summed E-state index contributed by atoms with van der Waals surface area (Å²) in [5.74, 6) is 0. The maximum absolute atomic E-state index is 5.97. The van der Waals surface area contributed by atoms with Gasteiger partial charge in [0, 0.05) is 0 Å². The number of hydrogen-bond donors (Lipinski definition) is 0. The van der Waals surface area contributed by atoms with Gasteiger partial charge in [0.25, 0.3) is 0 Å². The van der Waals surface area contributed by atoms with Crippen LogP contribution in [0.1, 0.15) is 86.1 Å². The first-order valence-electron chi connectivity index (χ1n) is 15.3. The molecule has 0 heterocycles. The van der Waals surface area contributed by atoms with E-state index in [1.807, 2.05) is 18.2 Å². The van der Waals surface area contributed by atoms with E-state index in [0.717, 1.165) is 0 Å². The van der Waals surface area contributed by atoms with Crippen molar-refractivity contribution < 1.29 is 18.0 Å². The van der Waals surface area contributed by atoms with Crippen LogP contribution in [0.2, 0.25) is 6.55 Å². The first kappa shape index (κ1) is 36.0. The van der Waals surface area contributed by atoms with Crippen LogP contribution in [-0.2, 0) is 28.8 Å². The van der Waals surface area contributed by atoms with E-state index in [4.69, 9.17) is 17.0 Å². The van der Waals surface area contributed by atoms with Crippen molar-refractivity contribution in [2.75, 3.05) is 0 Å². The Morgan fingerprint density at radius 1 is 0.581 bits per heavy atom. The summed E-state index contributed by atoms with van der Waals surface area (Å²) in [6.45, 7) is 29.3. The van der Waals surface area contributed by atoms with E-state index in [9.17, 15) is 0 Å². The van der Waals surface area contributed by atoms with E-state index >= 15 is 0 Å². The van der Waals surface area contributed by atoms with Gasteiger partial charge in [0.1, 0.15) is 0 Å². The van der Waals surface area contributed by atoms with Crippen molar-refractivity contribution in [1.29, 1.82) is 0 Å². The monoisotopic (exact) mass is 706 g/mol. The molecule has 0 aliphatic rings. The number of halogens is 2. The van der Waals surface area contributed by atoms with Gasteiger partial charge in [0.2, 0.25) is 0 Å². The Morgan fingerprint density at radius 2 is 0.953 bits per heavy atom. The Hall–Kier alpha value is -1.44. The van der Waals surface area contributed by atoms with E-state index < -0.39 is 23.4 Å². The second-order valence-corrected chi connectivity index (χ2v) is 35.1. The summed E-state index contributed by atoms with van der Waals surface area (Å²) in [7, 11) is 11.9. The molecule has 0 radical (unpaired) electrons. The summed E-state index contributed by atoms with van der Waals surface area (Å²) in [4.78, 5) is 0. The first-order chi connectivity index (χ1) is 19.9. The molecule has 230 valence electrons. The van der Waals surface area contributed by atoms with Crippen LogP contribution in [0.4, 0.5) is 0 Å². The summed E-state index contributed by atoms with van der Waals surface area (Å²) < 4.78 is 0. The summed E-state index contributed by atoms with van der Waals surface area (Å²) in [5.41, 5.74) is 11.3. The Labute approximate surface area is 276 Å². The average Bonchev–Trinajstić information content (AvgIpc) is 3.40. The van der Waals surface area contributed by atoms with Gasteiger partial charge in [-0.05, 0) is 10.8 Å². The van der Waals surface area contributed by atoms with Gasteiger partial charge < -0.3 is 0 Å². The Balaban J connectivity index is 0.000000180. The fraction of sp³-hybridized carbons (Fsp3) is 0.385. The van der Waals surface area contributed by atoms with Crippen LogP contribution in [0, 0.1) is 41.5 Å². The molecule has 0 aromatic heterocycles. The molecule has 4 heteroatoms. The van der Waals surface area contributed by atoms with Gasteiger partial charge in [-0.25, -0.2) is 0 Å². The van der Waals surface area contributed by atoms with Crippen molar-refractivity contribution >= 4 is 49.2 Å². The molecule has 0 unspecified atom stereocenters. The van der Waals surface area contributed by atoms with Gasteiger partial charge in [-0.15, -0.1) is 68.1 Å². The van der Waals surface area contributed by atoms with Gasteiger partial charge in [0.15, 0.2) is 0 Å². The minimum atomic E-state index is -1.95. The average molecular weight is 709 g/mol. The van der Waals surface area contributed by atoms with Gasteiger partial charge >= 0.3 is 82.5 Å². The molecule has 0 N–H and O–H groups in total. The SMILES string of the molecule is C[Si](c1ccccc1)=[Zr]([Cl])[Cl].Cc1[cH-]c2c(C)ccc(C(C)(C)C)c2c1C.Cc1[cH-]c2c(C)ccc(C(C)(C)C)c2c1C. The zero-order valence-electron chi connectivity index (χ0n) is 28.6.